The zero-order valence-corrected chi connectivity index (χ0v) is 13.2. The molecular weight excluding hydrogens is 327 g/mol. The second kappa shape index (κ2) is 8.42. The van der Waals surface area contributed by atoms with Gasteiger partial charge < -0.3 is 15.4 Å². The van der Waals surface area contributed by atoms with Gasteiger partial charge in [-0.3, -0.25) is 4.99 Å². The zero-order chi connectivity index (χ0) is 16.7. The smallest absolute Gasteiger partial charge is 0.387 e. The van der Waals surface area contributed by atoms with E-state index in [1.165, 1.54) is 18.2 Å². The number of ether oxygens (including phenoxy) is 1. The number of nitrogens with zero attached hydrogens (tertiary/aromatic N) is 1. The van der Waals surface area contributed by atoms with Gasteiger partial charge in [0.05, 0.1) is 0 Å². The SMILES string of the molecule is CN=C(NCc1ccsc1)NCc1c(F)cccc1OC(F)F. The predicted molar refractivity (Wildman–Crippen MR) is 84.4 cm³/mol. The molecule has 0 amide bonds. The van der Waals surface area contributed by atoms with Crippen LogP contribution in [0.1, 0.15) is 11.1 Å². The van der Waals surface area contributed by atoms with Crippen LogP contribution in [0, 0.1) is 5.82 Å². The molecule has 23 heavy (non-hydrogen) atoms. The molecule has 0 atom stereocenters. The van der Waals surface area contributed by atoms with E-state index in [0.29, 0.717) is 12.5 Å². The molecule has 124 valence electrons. The fourth-order valence-corrected chi connectivity index (χ4v) is 2.56. The molecule has 8 heteroatoms. The average molecular weight is 343 g/mol. The molecule has 0 saturated carbocycles. The average Bonchev–Trinajstić information content (AvgIpc) is 3.02. The number of hydrogen-bond acceptors (Lipinski definition) is 3. The van der Waals surface area contributed by atoms with Crippen LogP contribution < -0.4 is 15.4 Å². The number of benzene rings is 1. The summed E-state index contributed by atoms with van der Waals surface area (Å²) in [6.45, 7) is -2.48. The van der Waals surface area contributed by atoms with Crippen molar-refractivity contribution in [3.8, 4) is 5.75 Å². The van der Waals surface area contributed by atoms with Gasteiger partial charge >= 0.3 is 6.61 Å². The molecule has 0 spiro atoms. The molecule has 0 bridgehead atoms. The van der Waals surface area contributed by atoms with Crippen LogP contribution in [0.5, 0.6) is 5.75 Å². The van der Waals surface area contributed by atoms with Crippen LogP contribution in [0.2, 0.25) is 0 Å². The lowest BCUT2D eigenvalue weighted by Gasteiger charge is -2.15. The maximum absolute atomic E-state index is 13.8. The molecule has 0 saturated heterocycles. The van der Waals surface area contributed by atoms with Gasteiger partial charge in [0.25, 0.3) is 0 Å². The summed E-state index contributed by atoms with van der Waals surface area (Å²) in [6, 6.07) is 5.78. The van der Waals surface area contributed by atoms with Crippen LogP contribution >= 0.6 is 11.3 Å². The predicted octanol–water partition coefficient (Wildman–Crippen LogP) is 3.35. The summed E-state index contributed by atoms with van der Waals surface area (Å²) in [5, 5.41) is 9.89. The summed E-state index contributed by atoms with van der Waals surface area (Å²) < 4.78 is 42.9. The van der Waals surface area contributed by atoms with E-state index in [1.54, 1.807) is 18.4 Å². The molecule has 2 rings (SSSR count). The van der Waals surface area contributed by atoms with Crippen LogP contribution in [0.15, 0.2) is 40.0 Å². The highest BCUT2D eigenvalue weighted by molar-refractivity contribution is 7.07. The Morgan fingerprint density at radius 1 is 1.26 bits per heavy atom. The van der Waals surface area contributed by atoms with E-state index < -0.39 is 12.4 Å². The van der Waals surface area contributed by atoms with E-state index in [2.05, 4.69) is 20.4 Å². The van der Waals surface area contributed by atoms with Crippen molar-refractivity contribution in [3.63, 3.8) is 0 Å². The molecule has 2 N–H and O–H groups in total. The van der Waals surface area contributed by atoms with Gasteiger partial charge in [0.2, 0.25) is 0 Å². The Kier molecular flexibility index (Phi) is 6.28. The van der Waals surface area contributed by atoms with E-state index in [4.69, 9.17) is 0 Å². The molecule has 1 aromatic carbocycles. The normalized spacial score (nSPS) is 11.6. The van der Waals surface area contributed by atoms with Gasteiger partial charge in [-0.05, 0) is 34.5 Å². The van der Waals surface area contributed by atoms with Crippen molar-refractivity contribution < 1.29 is 17.9 Å². The third kappa shape index (κ3) is 5.17. The molecule has 2 aromatic rings. The van der Waals surface area contributed by atoms with Crippen LogP contribution in [-0.2, 0) is 13.1 Å². The Bertz CT molecular complexity index is 647. The molecule has 0 radical (unpaired) electrons. The summed E-state index contributed by atoms with van der Waals surface area (Å²) in [5.41, 5.74) is 1.11. The Balaban J connectivity index is 1.98. The Labute approximate surface area is 136 Å². The molecule has 0 unspecified atom stereocenters. The summed E-state index contributed by atoms with van der Waals surface area (Å²) >= 11 is 1.58. The molecule has 0 fully saturated rings. The van der Waals surface area contributed by atoms with E-state index in [9.17, 15) is 13.2 Å². The molecule has 1 aromatic heterocycles. The van der Waals surface area contributed by atoms with Crippen molar-refractivity contribution in [1.82, 2.24) is 10.6 Å². The molecule has 4 nitrogen and oxygen atoms in total. The van der Waals surface area contributed by atoms with Crippen molar-refractivity contribution >= 4 is 17.3 Å². The number of nitrogens with one attached hydrogen (secondary N) is 2. The number of rotatable bonds is 6. The minimum Gasteiger partial charge on any atom is -0.434 e. The summed E-state index contributed by atoms with van der Waals surface area (Å²) in [6.07, 6.45) is 0. The topological polar surface area (TPSA) is 45.7 Å². The van der Waals surface area contributed by atoms with Gasteiger partial charge in [-0.15, -0.1) is 0 Å². The first kappa shape index (κ1) is 17.1. The Morgan fingerprint density at radius 2 is 2.04 bits per heavy atom. The van der Waals surface area contributed by atoms with Gasteiger partial charge in [-0.25, -0.2) is 4.39 Å². The molecular formula is C15H16F3N3OS. The minimum atomic E-state index is -3.01. The van der Waals surface area contributed by atoms with Gasteiger partial charge in [0, 0.05) is 25.7 Å². The first-order valence-electron chi connectivity index (χ1n) is 6.78. The first-order valence-corrected chi connectivity index (χ1v) is 7.72. The monoisotopic (exact) mass is 343 g/mol. The van der Waals surface area contributed by atoms with Crippen molar-refractivity contribution in [2.45, 2.75) is 19.7 Å². The van der Waals surface area contributed by atoms with Gasteiger partial charge in [-0.1, -0.05) is 6.07 Å². The van der Waals surface area contributed by atoms with Gasteiger partial charge in [-0.2, -0.15) is 20.1 Å². The quantitative estimate of drug-likeness (QED) is 0.625. The van der Waals surface area contributed by atoms with Gasteiger partial charge in [0.1, 0.15) is 11.6 Å². The number of thiophene rings is 1. The lowest BCUT2D eigenvalue weighted by atomic mass is 10.2. The van der Waals surface area contributed by atoms with Crippen molar-refractivity contribution in [2.24, 2.45) is 4.99 Å². The highest BCUT2D eigenvalue weighted by atomic mass is 32.1. The summed E-state index contributed by atoms with van der Waals surface area (Å²) in [4.78, 5) is 4.01. The first-order chi connectivity index (χ1) is 11.1. The number of halogens is 3. The van der Waals surface area contributed by atoms with E-state index in [1.807, 2.05) is 16.8 Å². The Hall–Kier alpha value is -2.22. The summed E-state index contributed by atoms with van der Waals surface area (Å²) in [5.74, 6) is -0.382. The second-order valence-electron chi connectivity index (χ2n) is 4.51. The lowest BCUT2D eigenvalue weighted by molar-refractivity contribution is -0.0506. The highest BCUT2D eigenvalue weighted by Crippen LogP contribution is 2.23. The zero-order valence-electron chi connectivity index (χ0n) is 12.4. The van der Waals surface area contributed by atoms with Crippen LogP contribution in [-0.4, -0.2) is 19.6 Å². The van der Waals surface area contributed by atoms with Crippen molar-refractivity contribution in [2.75, 3.05) is 7.05 Å². The molecule has 0 aliphatic carbocycles. The standard InChI is InChI=1S/C15H16F3N3OS/c1-19-15(20-7-10-5-6-23-9-10)21-8-11-12(16)3-2-4-13(11)22-14(17)18/h2-6,9,14H,7-8H2,1H3,(H2,19,20,21). The summed E-state index contributed by atoms with van der Waals surface area (Å²) in [7, 11) is 1.57. The Morgan fingerprint density at radius 3 is 2.70 bits per heavy atom. The van der Waals surface area contributed by atoms with Crippen LogP contribution in [0.4, 0.5) is 13.2 Å². The van der Waals surface area contributed by atoms with E-state index in [-0.39, 0.29) is 17.9 Å². The molecule has 0 aliphatic heterocycles. The molecule has 0 aliphatic rings. The number of hydrogen-bond donors (Lipinski definition) is 2. The lowest BCUT2D eigenvalue weighted by Crippen LogP contribution is -2.36. The molecule has 1 heterocycles. The van der Waals surface area contributed by atoms with Crippen molar-refractivity contribution in [1.29, 1.82) is 0 Å². The fourth-order valence-electron chi connectivity index (χ4n) is 1.89. The largest absolute Gasteiger partial charge is 0.434 e. The number of aliphatic imine (C=N–C) groups is 1. The third-order valence-electron chi connectivity index (χ3n) is 2.99. The van der Waals surface area contributed by atoms with Gasteiger partial charge in [0.15, 0.2) is 5.96 Å². The van der Waals surface area contributed by atoms with Crippen LogP contribution in [0.25, 0.3) is 0 Å². The van der Waals surface area contributed by atoms with E-state index in [0.717, 1.165) is 5.56 Å². The maximum Gasteiger partial charge on any atom is 0.387 e. The minimum absolute atomic E-state index is 0.0197. The van der Waals surface area contributed by atoms with E-state index >= 15 is 0 Å². The van der Waals surface area contributed by atoms with Crippen LogP contribution in [0.3, 0.4) is 0 Å². The second-order valence-corrected chi connectivity index (χ2v) is 5.29. The highest BCUT2D eigenvalue weighted by Gasteiger charge is 2.14. The third-order valence-corrected chi connectivity index (χ3v) is 3.72. The maximum atomic E-state index is 13.8. The number of alkyl halides is 2. The number of guanidine groups is 1. The fraction of sp³-hybridized carbons (Fsp3) is 0.267. The van der Waals surface area contributed by atoms with Crippen molar-refractivity contribution in [3.05, 3.63) is 52.0 Å².